The minimum atomic E-state index is -0.567. The van der Waals surface area contributed by atoms with Gasteiger partial charge in [-0.05, 0) is 19.4 Å². The Morgan fingerprint density at radius 3 is 2.93 bits per heavy atom. The Hall–Kier alpha value is -1.16. The van der Waals surface area contributed by atoms with Gasteiger partial charge in [-0.2, -0.15) is 0 Å². The molecule has 1 rings (SSSR count). The van der Waals surface area contributed by atoms with Gasteiger partial charge in [-0.3, -0.25) is 0 Å². The minimum absolute atomic E-state index is 0.0255. The highest BCUT2D eigenvalue weighted by Gasteiger charge is 2.12. The zero-order valence-electron chi connectivity index (χ0n) is 9.03. The number of rotatable bonds is 5. The molecule has 0 spiro atoms. The standard InChI is InChI=1S/C11H16FNO2/c1-3-4-8(2)15-11-10(12)9(7-14)5-6-13-11/h5-6,8,14H,3-4,7H2,1-2H3. The molecule has 0 aromatic carbocycles. The van der Waals surface area contributed by atoms with Crippen molar-refractivity contribution in [3.05, 3.63) is 23.6 Å². The summed E-state index contributed by atoms with van der Waals surface area (Å²) in [5, 5.41) is 8.86. The van der Waals surface area contributed by atoms with Crippen LogP contribution in [0, 0.1) is 5.82 Å². The van der Waals surface area contributed by atoms with Crippen LogP contribution in [-0.4, -0.2) is 16.2 Å². The zero-order chi connectivity index (χ0) is 11.3. The molecule has 0 fully saturated rings. The third kappa shape index (κ3) is 3.16. The van der Waals surface area contributed by atoms with Crippen molar-refractivity contribution in [1.29, 1.82) is 0 Å². The van der Waals surface area contributed by atoms with Crippen LogP contribution in [0.1, 0.15) is 32.3 Å². The van der Waals surface area contributed by atoms with Crippen LogP contribution in [0.2, 0.25) is 0 Å². The molecular formula is C11H16FNO2. The molecule has 0 aliphatic heterocycles. The smallest absolute Gasteiger partial charge is 0.251 e. The fraction of sp³-hybridized carbons (Fsp3) is 0.545. The molecule has 0 aliphatic rings. The fourth-order valence-electron chi connectivity index (χ4n) is 1.32. The lowest BCUT2D eigenvalue weighted by molar-refractivity contribution is 0.189. The van der Waals surface area contributed by atoms with E-state index in [1.165, 1.54) is 12.3 Å². The van der Waals surface area contributed by atoms with Gasteiger partial charge in [0.1, 0.15) is 0 Å². The van der Waals surface area contributed by atoms with Gasteiger partial charge in [0.25, 0.3) is 5.88 Å². The molecule has 1 aromatic heterocycles. The molecule has 0 saturated carbocycles. The Labute approximate surface area is 88.9 Å². The van der Waals surface area contributed by atoms with Gasteiger partial charge in [0.2, 0.25) is 0 Å². The highest BCUT2D eigenvalue weighted by atomic mass is 19.1. The van der Waals surface area contributed by atoms with Crippen molar-refractivity contribution < 1.29 is 14.2 Å². The van der Waals surface area contributed by atoms with E-state index in [-0.39, 0.29) is 24.2 Å². The Kier molecular flexibility index (Phi) is 4.49. The number of halogens is 1. The minimum Gasteiger partial charge on any atom is -0.473 e. The second-order valence-corrected chi connectivity index (χ2v) is 3.46. The SMILES string of the molecule is CCCC(C)Oc1nccc(CO)c1F. The van der Waals surface area contributed by atoms with Crippen molar-refractivity contribution in [3.8, 4) is 5.88 Å². The van der Waals surface area contributed by atoms with Gasteiger partial charge in [-0.15, -0.1) is 0 Å². The first-order chi connectivity index (χ1) is 7.19. The van der Waals surface area contributed by atoms with Crippen molar-refractivity contribution in [1.82, 2.24) is 4.98 Å². The van der Waals surface area contributed by atoms with E-state index >= 15 is 0 Å². The first-order valence-electron chi connectivity index (χ1n) is 5.10. The fourth-order valence-corrected chi connectivity index (χ4v) is 1.32. The van der Waals surface area contributed by atoms with Gasteiger partial charge in [0, 0.05) is 11.8 Å². The topological polar surface area (TPSA) is 42.4 Å². The molecule has 0 amide bonds. The quantitative estimate of drug-likeness (QED) is 0.815. The Morgan fingerprint density at radius 1 is 1.60 bits per heavy atom. The van der Waals surface area contributed by atoms with Crippen molar-refractivity contribution >= 4 is 0 Å². The van der Waals surface area contributed by atoms with Crippen molar-refractivity contribution in [2.45, 2.75) is 39.4 Å². The number of aliphatic hydroxyl groups is 1. The molecule has 15 heavy (non-hydrogen) atoms. The molecule has 0 radical (unpaired) electrons. The number of pyridine rings is 1. The molecular weight excluding hydrogens is 197 g/mol. The van der Waals surface area contributed by atoms with Crippen LogP contribution >= 0.6 is 0 Å². The van der Waals surface area contributed by atoms with Crippen LogP contribution < -0.4 is 4.74 Å². The number of nitrogens with zero attached hydrogens (tertiary/aromatic N) is 1. The number of aliphatic hydroxyl groups excluding tert-OH is 1. The number of aromatic nitrogens is 1. The zero-order valence-corrected chi connectivity index (χ0v) is 9.03. The summed E-state index contributed by atoms with van der Waals surface area (Å²) in [7, 11) is 0. The van der Waals surface area contributed by atoms with Gasteiger partial charge in [-0.1, -0.05) is 13.3 Å². The third-order valence-electron chi connectivity index (χ3n) is 2.12. The second-order valence-electron chi connectivity index (χ2n) is 3.46. The van der Waals surface area contributed by atoms with E-state index in [0.717, 1.165) is 12.8 Å². The number of ether oxygens (including phenoxy) is 1. The summed E-state index contributed by atoms with van der Waals surface area (Å²) in [6.45, 7) is 3.57. The van der Waals surface area contributed by atoms with Crippen molar-refractivity contribution in [3.63, 3.8) is 0 Å². The summed E-state index contributed by atoms with van der Waals surface area (Å²) in [6, 6.07) is 1.44. The van der Waals surface area contributed by atoms with E-state index in [0.29, 0.717) is 0 Å². The summed E-state index contributed by atoms with van der Waals surface area (Å²) in [5.74, 6) is -0.592. The number of hydrogen-bond acceptors (Lipinski definition) is 3. The van der Waals surface area contributed by atoms with E-state index in [2.05, 4.69) is 4.98 Å². The van der Waals surface area contributed by atoms with Gasteiger partial charge < -0.3 is 9.84 Å². The molecule has 1 N–H and O–H groups in total. The van der Waals surface area contributed by atoms with Crippen LogP contribution in [0.3, 0.4) is 0 Å². The third-order valence-corrected chi connectivity index (χ3v) is 2.12. The Bertz CT molecular complexity index is 317. The first kappa shape index (κ1) is 11.9. The molecule has 1 heterocycles. The lowest BCUT2D eigenvalue weighted by Gasteiger charge is -2.13. The molecule has 3 nitrogen and oxygen atoms in total. The van der Waals surface area contributed by atoms with E-state index in [1.54, 1.807) is 0 Å². The lowest BCUT2D eigenvalue weighted by Crippen LogP contribution is -2.13. The van der Waals surface area contributed by atoms with Crippen molar-refractivity contribution in [2.75, 3.05) is 0 Å². The van der Waals surface area contributed by atoms with Crippen LogP contribution in [-0.2, 0) is 6.61 Å². The van der Waals surface area contributed by atoms with Gasteiger partial charge in [0.15, 0.2) is 5.82 Å². The van der Waals surface area contributed by atoms with Gasteiger partial charge in [-0.25, -0.2) is 9.37 Å². The van der Waals surface area contributed by atoms with E-state index in [9.17, 15) is 4.39 Å². The molecule has 0 saturated heterocycles. The Balaban J connectivity index is 2.76. The Morgan fingerprint density at radius 2 is 2.33 bits per heavy atom. The predicted octanol–water partition coefficient (Wildman–Crippen LogP) is 2.28. The maximum atomic E-state index is 13.5. The summed E-state index contributed by atoms with van der Waals surface area (Å²) in [5.41, 5.74) is 0.212. The number of hydrogen-bond donors (Lipinski definition) is 1. The first-order valence-corrected chi connectivity index (χ1v) is 5.10. The average Bonchev–Trinajstić information content (AvgIpc) is 2.21. The molecule has 1 unspecified atom stereocenters. The summed E-state index contributed by atoms with van der Waals surface area (Å²) in [4.78, 5) is 3.80. The molecule has 84 valence electrons. The molecule has 0 bridgehead atoms. The van der Waals surface area contributed by atoms with Crippen LogP contribution in [0.5, 0.6) is 5.88 Å². The monoisotopic (exact) mass is 213 g/mol. The van der Waals surface area contributed by atoms with Crippen molar-refractivity contribution in [2.24, 2.45) is 0 Å². The normalized spacial score (nSPS) is 12.5. The summed E-state index contributed by atoms with van der Waals surface area (Å²) >= 11 is 0. The highest BCUT2D eigenvalue weighted by Crippen LogP contribution is 2.19. The summed E-state index contributed by atoms with van der Waals surface area (Å²) in [6.07, 6.45) is 3.20. The largest absolute Gasteiger partial charge is 0.473 e. The van der Waals surface area contributed by atoms with E-state index in [1.807, 2.05) is 13.8 Å². The predicted molar refractivity (Wildman–Crippen MR) is 55.1 cm³/mol. The van der Waals surface area contributed by atoms with Gasteiger partial charge >= 0.3 is 0 Å². The molecule has 0 aliphatic carbocycles. The molecule has 1 atom stereocenters. The summed E-state index contributed by atoms with van der Waals surface area (Å²) < 4.78 is 18.9. The van der Waals surface area contributed by atoms with E-state index in [4.69, 9.17) is 9.84 Å². The van der Waals surface area contributed by atoms with E-state index < -0.39 is 5.82 Å². The maximum Gasteiger partial charge on any atom is 0.251 e. The average molecular weight is 213 g/mol. The second kappa shape index (κ2) is 5.66. The lowest BCUT2D eigenvalue weighted by atomic mass is 10.2. The molecule has 1 aromatic rings. The van der Waals surface area contributed by atoms with Crippen LogP contribution in [0.15, 0.2) is 12.3 Å². The van der Waals surface area contributed by atoms with Crippen LogP contribution in [0.25, 0.3) is 0 Å². The van der Waals surface area contributed by atoms with Gasteiger partial charge in [0.05, 0.1) is 12.7 Å². The van der Waals surface area contributed by atoms with Crippen LogP contribution in [0.4, 0.5) is 4.39 Å². The highest BCUT2D eigenvalue weighted by molar-refractivity contribution is 5.22. The molecule has 4 heteroatoms. The maximum absolute atomic E-state index is 13.5.